The van der Waals surface area contributed by atoms with Crippen LogP contribution in [0.2, 0.25) is 0 Å². The van der Waals surface area contributed by atoms with E-state index in [0.29, 0.717) is 32.5 Å². The van der Waals surface area contributed by atoms with Crippen LogP contribution in [0.4, 0.5) is 5.69 Å². The summed E-state index contributed by atoms with van der Waals surface area (Å²) in [6, 6.07) is 14.0. The number of carbonyl (C=O) groups excluding carboxylic acids is 2. The van der Waals surface area contributed by atoms with Gasteiger partial charge in [0, 0.05) is 89.6 Å². The highest BCUT2D eigenvalue weighted by Gasteiger charge is 2.21. The normalized spacial score (nSPS) is 15.6. The molecular formula is C28H36N6O2. The van der Waals surface area contributed by atoms with Gasteiger partial charge in [-0.25, -0.2) is 0 Å². The van der Waals surface area contributed by atoms with Gasteiger partial charge in [0.25, 0.3) is 0 Å². The maximum absolute atomic E-state index is 13.4. The third-order valence-corrected chi connectivity index (χ3v) is 6.78. The van der Waals surface area contributed by atoms with E-state index in [-0.39, 0.29) is 11.8 Å². The monoisotopic (exact) mass is 488 g/mol. The van der Waals surface area contributed by atoms with Crippen molar-refractivity contribution in [2.24, 2.45) is 7.05 Å². The lowest BCUT2D eigenvalue weighted by atomic mass is 10.1. The third kappa shape index (κ3) is 6.79. The molecule has 190 valence electrons. The van der Waals surface area contributed by atoms with Gasteiger partial charge in [0.15, 0.2) is 0 Å². The van der Waals surface area contributed by atoms with E-state index in [4.69, 9.17) is 0 Å². The van der Waals surface area contributed by atoms with Crippen molar-refractivity contribution >= 4 is 17.5 Å². The van der Waals surface area contributed by atoms with Crippen molar-refractivity contribution in [3.05, 3.63) is 77.9 Å². The first kappa shape index (κ1) is 25.6. The molecule has 8 heteroatoms. The molecule has 1 aliphatic rings. The minimum atomic E-state index is 0.0207. The Labute approximate surface area is 213 Å². The van der Waals surface area contributed by atoms with Gasteiger partial charge in [-0.15, -0.1) is 0 Å². The van der Waals surface area contributed by atoms with Crippen molar-refractivity contribution in [3.8, 4) is 0 Å². The van der Waals surface area contributed by atoms with Gasteiger partial charge in [-0.05, 0) is 48.6 Å². The molecule has 0 fully saturated rings. The quantitative estimate of drug-likeness (QED) is 0.550. The molecule has 3 aromatic rings. The summed E-state index contributed by atoms with van der Waals surface area (Å²) in [7, 11) is 1.90. The fraction of sp³-hybridized carbons (Fsp3) is 0.429. The number of amides is 2. The summed E-state index contributed by atoms with van der Waals surface area (Å²) in [5, 5.41) is 4.22. The van der Waals surface area contributed by atoms with Crippen molar-refractivity contribution in [3.63, 3.8) is 0 Å². The fourth-order valence-electron chi connectivity index (χ4n) is 4.85. The van der Waals surface area contributed by atoms with E-state index in [9.17, 15) is 9.59 Å². The van der Waals surface area contributed by atoms with Crippen LogP contribution in [0.3, 0.4) is 0 Å². The van der Waals surface area contributed by atoms with Gasteiger partial charge < -0.3 is 9.80 Å². The summed E-state index contributed by atoms with van der Waals surface area (Å²) in [4.78, 5) is 36.5. The maximum atomic E-state index is 13.4. The Morgan fingerprint density at radius 1 is 0.944 bits per heavy atom. The molecule has 0 aliphatic carbocycles. The van der Waals surface area contributed by atoms with E-state index in [1.807, 2.05) is 64.1 Å². The summed E-state index contributed by atoms with van der Waals surface area (Å²) in [5.41, 5.74) is 4.12. The van der Waals surface area contributed by atoms with Crippen LogP contribution in [0.5, 0.6) is 0 Å². The van der Waals surface area contributed by atoms with Crippen molar-refractivity contribution in [2.45, 2.75) is 45.7 Å². The van der Waals surface area contributed by atoms with Gasteiger partial charge >= 0.3 is 0 Å². The van der Waals surface area contributed by atoms with Crippen LogP contribution in [0.25, 0.3) is 0 Å². The number of aromatic nitrogens is 3. The Hall–Kier alpha value is -3.52. The number of fused-ring (bicyclic) bond motifs is 1. The molecule has 0 bridgehead atoms. The van der Waals surface area contributed by atoms with Crippen molar-refractivity contribution in [2.75, 3.05) is 31.1 Å². The van der Waals surface area contributed by atoms with Crippen molar-refractivity contribution < 1.29 is 9.59 Å². The molecule has 36 heavy (non-hydrogen) atoms. The predicted octanol–water partition coefficient (Wildman–Crippen LogP) is 3.43. The number of carbonyl (C=O) groups is 2. The second-order valence-electron chi connectivity index (χ2n) is 9.41. The Balaban J connectivity index is 1.55. The SMILES string of the molecule is CC(=O)N1CCCN(Cc2cccnc2)CCCN(C(=O)CCc2ccnn2C)Cc2ccccc21. The number of anilines is 1. The largest absolute Gasteiger partial charge is 0.338 e. The number of hydrogen-bond donors (Lipinski definition) is 0. The van der Waals surface area contributed by atoms with Crippen molar-refractivity contribution in [1.29, 1.82) is 0 Å². The van der Waals surface area contributed by atoms with Crippen LogP contribution in [-0.4, -0.2) is 62.6 Å². The van der Waals surface area contributed by atoms with E-state index in [2.05, 4.69) is 21.0 Å². The molecule has 3 heterocycles. The van der Waals surface area contributed by atoms with E-state index in [1.165, 1.54) is 5.56 Å². The van der Waals surface area contributed by atoms with Gasteiger partial charge in [0.05, 0.1) is 0 Å². The fourth-order valence-corrected chi connectivity index (χ4v) is 4.85. The topological polar surface area (TPSA) is 74.6 Å². The highest BCUT2D eigenvalue weighted by Crippen LogP contribution is 2.24. The molecule has 2 amide bonds. The Morgan fingerprint density at radius 2 is 1.75 bits per heavy atom. The van der Waals surface area contributed by atoms with Gasteiger partial charge in [0.2, 0.25) is 11.8 Å². The lowest BCUT2D eigenvalue weighted by molar-refractivity contribution is -0.132. The lowest BCUT2D eigenvalue weighted by Gasteiger charge is -2.31. The zero-order chi connectivity index (χ0) is 25.3. The minimum Gasteiger partial charge on any atom is -0.338 e. The van der Waals surface area contributed by atoms with Gasteiger partial charge in [0.1, 0.15) is 0 Å². The standard InChI is InChI=1S/C28H36N6O2/c1-23(35)34-19-7-17-32(21-24-8-5-14-29-20-24)16-6-18-33(22-25-9-3-4-10-27(25)34)28(36)12-11-26-13-15-30-31(26)2/h3-5,8-10,13-15,20H,6-7,11-12,16-19,21-22H2,1-2H3. The average Bonchev–Trinajstić information content (AvgIpc) is 3.29. The Kier molecular flexibility index (Phi) is 8.84. The molecule has 0 saturated carbocycles. The number of aryl methyl sites for hydroxylation is 2. The first-order chi connectivity index (χ1) is 17.5. The predicted molar refractivity (Wildman–Crippen MR) is 140 cm³/mol. The Bertz CT molecular complexity index is 1150. The van der Waals surface area contributed by atoms with E-state index in [0.717, 1.165) is 49.4 Å². The van der Waals surface area contributed by atoms with Crippen LogP contribution in [0.1, 0.15) is 43.0 Å². The summed E-state index contributed by atoms with van der Waals surface area (Å²) in [5.74, 6) is 0.142. The highest BCUT2D eigenvalue weighted by molar-refractivity contribution is 5.92. The smallest absolute Gasteiger partial charge is 0.223 e. The molecule has 4 rings (SSSR count). The number of hydrogen-bond acceptors (Lipinski definition) is 5. The van der Waals surface area contributed by atoms with Gasteiger partial charge in [-0.2, -0.15) is 5.10 Å². The molecule has 0 saturated heterocycles. The summed E-state index contributed by atoms with van der Waals surface area (Å²) in [6.45, 7) is 5.97. The van der Waals surface area contributed by atoms with E-state index < -0.39 is 0 Å². The summed E-state index contributed by atoms with van der Waals surface area (Å²) in [6.07, 6.45) is 8.30. The molecule has 1 aromatic carbocycles. The molecule has 8 nitrogen and oxygen atoms in total. The lowest BCUT2D eigenvalue weighted by Crippen LogP contribution is -2.38. The average molecular weight is 489 g/mol. The summed E-state index contributed by atoms with van der Waals surface area (Å²) >= 11 is 0. The highest BCUT2D eigenvalue weighted by atomic mass is 16.2. The first-order valence-electron chi connectivity index (χ1n) is 12.7. The minimum absolute atomic E-state index is 0.0207. The third-order valence-electron chi connectivity index (χ3n) is 6.78. The Morgan fingerprint density at radius 3 is 2.47 bits per heavy atom. The second kappa shape index (κ2) is 12.4. The number of rotatable bonds is 5. The van der Waals surface area contributed by atoms with Gasteiger partial charge in [-0.1, -0.05) is 24.3 Å². The van der Waals surface area contributed by atoms with Crippen LogP contribution in [-0.2, 0) is 36.1 Å². The number of nitrogens with zero attached hydrogens (tertiary/aromatic N) is 6. The molecular weight excluding hydrogens is 452 g/mol. The summed E-state index contributed by atoms with van der Waals surface area (Å²) < 4.78 is 1.82. The molecule has 0 N–H and O–H groups in total. The molecule has 0 atom stereocenters. The van der Waals surface area contributed by atoms with Crippen LogP contribution >= 0.6 is 0 Å². The molecule has 0 radical (unpaired) electrons. The van der Waals surface area contributed by atoms with E-state index >= 15 is 0 Å². The van der Waals surface area contributed by atoms with Crippen LogP contribution in [0, 0.1) is 0 Å². The van der Waals surface area contributed by atoms with Gasteiger partial charge in [-0.3, -0.25) is 24.2 Å². The number of para-hydroxylation sites is 1. The zero-order valence-electron chi connectivity index (χ0n) is 21.3. The van der Waals surface area contributed by atoms with Crippen LogP contribution in [0.15, 0.2) is 61.1 Å². The second-order valence-corrected chi connectivity index (χ2v) is 9.41. The molecule has 0 unspecified atom stereocenters. The zero-order valence-corrected chi connectivity index (χ0v) is 21.3. The van der Waals surface area contributed by atoms with E-state index in [1.54, 1.807) is 19.3 Å². The molecule has 1 aliphatic heterocycles. The first-order valence-corrected chi connectivity index (χ1v) is 12.7. The van der Waals surface area contributed by atoms with Crippen LogP contribution < -0.4 is 4.90 Å². The molecule has 0 spiro atoms. The number of benzene rings is 1. The molecule has 2 aromatic heterocycles. The van der Waals surface area contributed by atoms with Crippen molar-refractivity contribution in [1.82, 2.24) is 24.6 Å². The maximum Gasteiger partial charge on any atom is 0.223 e. The number of pyridine rings is 1.